The molecular weight excluding hydrogens is 306 g/mol. The van der Waals surface area contributed by atoms with Crippen LogP contribution in [-0.4, -0.2) is 32.6 Å². The minimum atomic E-state index is -0.962. The Morgan fingerprint density at radius 3 is 2.86 bits per heavy atom. The van der Waals surface area contributed by atoms with Gasteiger partial charge in [-0.15, -0.1) is 11.3 Å². The Morgan fingerprint density at radius 1 is 1.45 bits per heavy atom. The maximum atomic E-state index is 12.1. The number of thiophene rings is 1. The highest BCUT2D eigenvalue weighted by Gasteiger charge is 2.20. The SMILES string of the molecule is CC(NC(=O)CCn1cnc2sccc2c1=O)C(C)C(=O)O. The van der Waals surface area contributed by atoms with Gasteiger partial charge in [-0.05, 0) is 25.3 Å². The van der Waals surface area contributed by atoms with E-state index in [0.717, 1.165) is 0 Å². The first-order valence-electron chi connectivity index (χ1n) is 6.85. The number of fused-ring (bicyclic) bond motifs is 1. The van der Waals surface area contributed by atoms with Crippen LogP contribution in [0.5, 0.6) is 0 Å². The molecule has 1 amide bonds. The summed E-state index contributed by atoms with van der Waals surface area (Å²) in [6.45, 7) is 3.38. The molecule has 0 spiro atoms. The predicted molar refractivity (Wildman–Crippen MR) is 82.9 cm³/mol. The molecule has 8 heteroatoms. The molecule has 0 radical (unpaired) electrons. The number of aryl methyl sites for hydroxylation is 1. The number of carbonyl (C=O) groups is 2. The Kier molecular flexibility index (Phi) is 4.92. The van der Waals surface area contributed by atoms with Gasteiger partial charge in [0.15, 0.2) is 0 Å². The molecule has 0 bridgehead atoms. The third-order valence-electron chi connectivity index (χ3n) is 3.56. The van der Waals surface area contributed by atoms with E-state index in [4.69, 9.17) is 5.11 Å². The number of amides is 1. The van der Waals surface area contributed by atoms with Crippen LogP contribution in [0.25, 0.3) is 10.2 Å². The van der Waals surface area contributed by atoms with Crippen molar-refractivity contribution in [1.29, 1.82) is 0 Å². The van der Waals surface area contributed by atoms with Gasteiger partial charge in [0.2, 0.25) is 5.91 Å². The molecule has 0 aliphatic carbocycles. The molecule has 2 unspecified atom stereocenters. The number of carboxylic acid groups (broad SMARTS) is 1. The first kappa shape index (κ1) is 16.2. The minimum absolute atomic E-state index is 0.0912. The van der Waals surface area contributed by atoms with Crippen LogP contribution >= 0.6 is 11.3 Å². The number of carboxylic acids is 1. The molecule has 2 rings (SSSR count). The molecule has 7 nitrogen and oxygen atoms in total. The summed E-state index contributed by atoms with van der Waals surface area (Å²) in [5.74, 6) is -1.93. The summed E-state index contributed by atoms with van der Waals surface area (Å²) in [6.07, 6.45) is 1.52. The monoisotopic (exact) mass is 323 g/mol. The maximum Gasteiger partial charge on any atom is 0.308 e. The molecule has 0 aliphatic heterocycles. The lowest BCUT2D eigenvalue weighted by atomic mass is 10.0. The molecule has 118 valence electrons. The lowest BCUT2D eigenvalue weighted by Crippen LogP contribution is -2.40. The number of aromatic nitrogens is 2. The Hall–Kier alpha value is -2.22. The van der Waals surface area contributed by atoms with E-state index >= 15 is 0 Å². The van der Waals surface area contributed by atoms with Crippen LogP contribution in [0.2, 0.25) is 0 Å². The van der Waals surface area contributed by atoms with Crippen molar-refractivity contribution in [3.8, 4) is 0 Å². The molecular formula is C14H17N3O4S. The second-order valence-electron chi connectivity index (χ2n) is 5.12. The van der Waals surface area contributed by atoms with Gasteiger partial charge in [-0.25, -0.2) is 4.98 Å². The van der Waals surface area contributed by atoms with E-state index in [-0.39, 0.29) is 24.4 Å². The van der Waals surface area contributed by atoms with Crippen LogP contribution in [0.3, 0.4) is 0 Å². The van der Waals surface area contributed by atoms with Gasteiger partial charge in [0.1, 0.15) is 4.83 Å². The molecule has 0 saturated heterocycles. The van der Waals surface area contributed by atoms with Gasteiger partial charge in [0.05, 0.1) is 17.6 Å². The molecule has 22 heavy (non-hydrogen) atoms. The van der Waals surface area contributed by atoms with E-state index in [1.165, 1.54) is 29.2 Å². The van der Waals surface area contributed by atoms with Crippen molar-refractivity contribution in [3.63, 3.8) is 0 Å². The van der Waals surface area contributed by atoms with Gasteiger partial charge < -0.3 is 10.4 Å². The van der Waals surface area contributed by atoms with Crippen molar-refractivity contribution in [2.24, 2.45) is 5.92 Å². The number of hydrogen-bond donors (Lipinski definition) is 2. The molecule has 0 aromatic carbocycles. The van der Waals surface area contributed by atoms with Crippen LogP contribution in [0.1, 0.15) is 20.3 Å². The number of rotatable bonds is 6. The maximum absolute atomic E-state index is 12.1. The Morgan fingerprint density at radius 2 is 2.18 bits per heavy atom. The summed E-state index contributed by atoms with van der Waals surface area (Å²) >= 11 is 1.39. The standard InChI is InChI=1S/C14H17N3O4S/c1-8(14(20)21)9(2)16-11(18)3-5-17-7-15-12-10(13(17)19)4-6-22-12/h4,6-9H,3,5H2,1-2H3,(H,16,18)(H,20,21). The van der Waals surface area contributed by atoms with E-state index in [0.29, 0.717) is 10.2 Å². The zero-order chi connectivity index (χ0) is 16.3. The smallest absolute Gasteiger partial charge is 0.308 e. The normalized spacial score (nSPS) is 13.7. The van der Waals surface area contributed by atoms with Crippen LogP contribution in [0.4, 0.5) is 0 Å². The number of carbonyl (C=O) groups excluding carboxylic acids is 1. The lowest BCUT2D eigenvalue weighted by molar-refractivity contribution is -0.142. The highest BCUT2D eigenvalue weighted by Crippen LogP contribution is 2.13. The number of aliphatic carboxylic acids is 1. The zero-order valence-electron chi connectivity index (χ0n) is 12.3. The Labute approximate surface area is 130 Å². The van der Waals surface area contributed by atoms with Gasteiger partial charge in [0.25, 0.3) is 5.56 Å². The van der Waals surface area contributed by atoms with E-state index in [1.54, 1.807) is 18.4 Å². The van der Waals surface area contributed by atoms with Crippen LogP contribution in [-0.2, 0) is 16.1 Å². The highest BCUT2D eigenvalue weighted by molar-refractivity contribution is 7.16. The number of hydrogen-bond acceptors (Lipinski definition) is 5. The van der Waals surface area contributed by atoms with Gasteiger partial charge in [-0.3, -0.25) is 19.0 Å². The molecule has 2 N–H and O–H groups in total. The Bertz CT molecular complexity index is 752. The van der Waals surface area contributed by atoms with Crippen molar-refractivity contribution in [1.82, 2.24) is 14.9 Å². The van der Waals surface area contributed by atoms with Gasteiger partial charge in [-0.2, -0.15) is 0 Å². The third kappa shape index (κ3) is 3.51. The molecule has 0 aliphatic rings. The molecule has 2 heterocycles. The van der Waals surface area contributed by atoms with Gasteiger partial charge in [-0.1, -0.05) is 0 Å². The summed E-state index contributed by atoms with van der Waals surface area (Å²) in [5, 5.41) is 13.9. The van der Waals surface area contributed by atoms with E-state index in [9.17, 15) is 14.4 Å². The van der Waals surface area contributed by atoms with E-state index < -0.39 is 17.9 Å². The highest BCUT2D eigenvalue weighted by atomic mass is 32.1. The fourth-order valence-electron chi connectivity index (χ4n) is 1.94. The van der Waals surface area contributed by atoms with Crippen molar-refractivity contribution >= 4 is 33.4 Å². The average molecular weight is 323 g/mol. The summed E-state index contributed by atoms with van der Waals surface area (Å²) < 4.78 is 1.39. The van der Waals surface area contributed by atoms with Crippen molar-refractivity contribution in [3.05, 3.63) is 28.1 Å². The lowest BCUT2D eigenvalue weighted by Gasteiger charge is -2.17. The summed E-state index contributed by atoms with van der Waals surface area (Å²) in [6, 6.07) is 1.24. The van der Waals surface area contributed by atoms with Crippen molar-refractivity contribution < 1.29 is 14.7 Å². The fourth-order valence-corrected chi connectivity index (χ4v) is 2.66. The Balaban J connectivity index is 1.97. The number of nitrogens with zero attached hydrogens (tertiary/aromatic N) is 2. The fraction of sp³-hybridized carbons (Fsp3) is 0.429. The second-order valence-corrected chi connectivity index (χ2v) is 6.01. The minimum Gasteiger partial charge on any atom is -0.481 e. The van der Waals surface area contributed by atoms with Gasteiger partial charge in [0, 0.05) is 19.0 Å². The van der Waals surface area contributed by atoms with Crippen LogP contribution in [0, 0.1) is 5.92 Å². The van der Waals surface area contributed by atoms with Gasteiger partial charge >= 0.3 is 5.97 Å². The average Bonchev–Trinajstić information content (AvgIpc) is 2.94. The predicted octanol–water partition coefficient (Wildman–Crippen LogP) is 1.07. The first-order valence-corrected chi connectivity index (χ1v) is 7.73. The van der Waals surface area contributed by atoms with E-state index in [1.807, 2.05) is 0 Å². The molecule has 0 saturated carbocycles. The second kappa shape index (κ2) is 6.69. The van der Waals surface area contributed by atoms with Crippen molar-refractivity contribution in [2.75, 3.05) is 0 Å². The topological polar surface area (TPSA) is 101 Å². The van der Waals surface area contributed by atoms with E-state index in [2.05, 4.69) is 10.3 Å². The number of nitrogens with one attached hydrogen (secondary N) is 1. The van der Waals surface area contributed by atoms with Crippen LogP contribution < -0.4 is 10.9 Å². The molecule has 2 aromatic rings. The molecule has 0 fully saturated rings. The summed E-state index contributed by atoms with van der Waals surface area (Å²) in [7, 11) is 0. The third-order valence-corrected chi connectivity index (χ3v) is 4.38. The summed E-state index contributed by atoms with van der Waals surface area (Å²) in [5.41, 5.74) is -0.175. The zero-order valence-corrected chi connectivity index (χ0v) is 13.1. The summed E-state index contributed by atoms with van der Waals surface area (Å²) in [4.78, 5) is 39.7. The first-order chi connectivity index (χ1) is 10.4. The molecule has 2 aromatic heterocycles. The van der Waals surface area contributed by atoms with Crippen molar-refractivity contribution in [2.45, 2.75) is 32.9 Å². The van der Waals surface area contributed by atoms with Crippen LogP contribution in [0.15, 0.2) is 22.6 Å². The largest absolute Gasteiger partial charge is 0.481 e. The molecule has 2 atom stereocenters. The quantitative estimate of drug-likeness (QED) is 0.828.